The van der Waals surface area contributed by atoms with Crippen LogP contribution in [0.15, 0.2) is 54.9 Å². The molecule has 5 aromatic rings. The Bertz CT molecular complexity index is 1680. The Labute approximate surface area is 216 Å². The van der Waals surface area contributed by atoms with Gasteiger partial charge < -0.3 is 10.3 Å². The van der Waals surface area contributed by atoms with Gasteiger partial charge in [0, 0.05) is 47.9 Å². The highest BCUT2D eigenvalue weighted by Crippen LogP contribution is 2.34. The van der Waals surface area contributed by atoms with Crippen molar-refractivity contribution in [3.63, 3.8) is 0 Å². The van der Waals surface area contributed by atoms with E-state index in [4.69, 9.17) is 0 Å². The number of carbonyl (C=O) groups excluding carboxylic acids is 1. The third kappa shape index (κ3) is 4.07. The number of hydrogen-bond donors (Lipinski definition) is 2. The normalized spacial score (nSPS) is 13.2. The monoisotopic (exact) mass is 512 g/mol. The molecule has 0 atom stereocenters. The molecular formula is C27H22F2N8O. The van der Waals surface area contributed by atoms with Crippen LogP contribution >= 0.6 is 0 Å². The van der Waals surface area contributed by atoms with Crippen LogP contribution in [0.5, 0.6) is 0 Å². The predicted octanol–water partition coefficient (Wildman–Crippen LogP) is 5.63. The maximum atomic E-state index is 13.7. The quantitative estimate of drug-likeness (QED) is 0.324. The van der Waals surface area contributed by atoms with Gasteiger partial charge in [-0.15, -0.1) is 0 Å². The maximum absolute atomic E-state index is 13.7. The van der Waals surface area contributed by atoms with Gasteiger partial charge in [-0.3, -0.25) is 14.8 Å². The van der Waals surface area contributed by atoms with E-state index < -0.39 is 11.6 Å². The number of urea groups is 1. The minimum absolute atomic E-state index is 0.256. The number of nitrogens with one attached hydrogen (secondary N) is 2. The number of fused-ring (bicyclic) bond motifs is 2. The highest BCUT2D eigenvalue weighted by atomic mass is 19.2. The zero-order valence-electron chi connectivity index (χ0n) is 20.8. The average molecular weight is 513 g/mol. The van der Waals surface area contributed by atoms with Crippen molar-refractivity contribution in [1.29, 1.82) is 0 Å². The van der Waals surface area contributed by atoms with Crippen LogP contribution in [0.3, 0.4) is 0 Å². The van der Waals surface area contributed by atoms with E-state index in [0.29, 0.717) is 39.9 Å². The maximum Gasteiger partial charge on any atom is 0.330 e. The zero-order valence-corrected chi connectivity index (χ0v) is 20.8. The van der Waals surface area contributed by atoms with E-state index in [-0.39, 0.29) is 12.6 Å². The Morgan fingerprint density at radius 1 is 0.974 bits per heavy atom. The van der Waals surface area contributed by atoms with Crippen molar-refractivity contribution in [1.82, 2.24) is 24.9 Å². The number of amides is 2. The summed E-state index contributed by atoms with van der Waals surface area (Å²) in [5, 5.41) is 3.12. The molecule has 0 fully saturated rings. The summed E-state index contributed by atoms with van der Waals surface area (Å²) in [6, 6.07) is 11.2. The number of anilines is 4. The lowest BCUT2D eigenvalue weighted by Crippen LogP contribution is -2.46. The van der Waals surface area contributed by atoms with Crippen LogP contribution in [-0.4, -0.2) is 38.0 Å². The van der Waals surface area contributed by atoms with Crippen molar-refractivity contribution in [3.05, 3.63) is 83.3 Å². The molecule has 38 heavy (non-hydrogen) atoms. The highest BCUT2D eigenvalue weighted by molar-refractivity contribution is 6.05. The summed E-state index contributed by atoms with van der Waals surface area (Å²) in [4.78, 5) is 37.3. The molecule has 2 amide bonds. The summed E-state index contributed by atoms with van der Waals surface area (Å²) < 4.78 is 27.4. The van der Waals surface area contributed by atoms with E-state index in [1.54, 1.807) is 24.3 Å². The number of hydrogen-bond acceptors (Lipinski definition) is 6. The molecule has 2 aromatic carbocycles. The molecule has 0 unspecified atom stereocenters. The molecule has 1 aliphatic rings. The number of halogens is 2. The van der Waals surface area contributed by atoms with Gasteiger partial charge in [0.2, 0.25) is 5.95 Å². The number of rotatable bonds is 4. The van der Waals surface area contributed by atoms with Crippen LogP contribution < -0.4 is 15.1 Å². The van der Waals surface area contributed by atoms with E-state index in [1.165, 1.54) is 4.90 Å². The SMILES string of the molecule is Cc1ccc(Nc2ncc3c(n2)N(C)C(=O)N(c2cc(-c4nc5cc(F)c(F)cc5[nH]4)ccc2C)C3)cn1. The van der Waals surface area contributed by atoms with Crippen molar-refractivity contribution < 1.29 is 13.6 Å². The number of imidazole rings is 1. The second-order valence-corrected chi connectivity index (χ2v) is 9.15. The van der Waals surface area contributed by atoms with Gasteiger partial charge in [-0.1, -0.05) is 12.1 Å². The molecule has 0 radical (unpaired) electrons. The number of H-pyrrole nitrogens is 1. The summed E-state index contributed by atoms with van der Waals surface area (Å²) in [7, 11) is 1.67. The van der Waals surface area contributed by atoms with Crippen molar-refractivity contribution >= 4 is 40.2 Å². The number of carbonyl (C=O) groups is 1. The number of pyridine rings is 1. The number of aromatic amines is 1. The van der Waals surface area contributed by atoms with Gasteiger partial charge in [0.25, 0.3) is 0 Å². The van der Waals surface area contributed by atoms with Gasteiger partial charge >= 0.3 is 6.03 Å². The molecule has 4 heterocycles. The first-order valence-corrected chi connectivity index (χ1v) is 11.8. The Balaban J connectivity index is 1.32. The van der Waals surface area contributed by atoms with Crippen LogP contribution in [0.4, 0.5) is 36.7 Å². The Morgan fingerprint density at radius 3 is 2.58 bits per heavy atom. The molecule has 6 rings (SSSR count). The van der Waals surface area contributed by atoms with E-state index in [1.807, 2.05) is 44.2 Å². The number of aromatic nitrogens is 5. The Morgan fingerprint density at radius 2 is 1.79 bits per heavy atom. The molecule has 9 nitrogen and oxygen atoms in total. The molecular weight excluding hydrogens is 490 g/mol. The zero-order chi connectivity index (χ0) is 26.6. The highest BCUT2D eigenvalue weighted by Gasteiger charge is 2.31. The molecule has 190 valence electrons. The number of nitrogens with zero attached hydrogens (tertiary/aromatic N) is 6. The lowest BCUT2D eigenvalue weighted by atomic mass is 10.1. The molecule has 3 aromatic heterocycles. The summed E-state index contributed by atoms with van der Waals surface area (Å²) in [5.74, 6) is -0.600. The second kappa shape index (κ2) is 8.87. The number of benzene rings is 2. The lowest BCUT2D eigenvalue weighted by Gasteiger charge is -2.35. The Hall–Kier alpha value is -4.93. The summed E-state index contributed by atoms with van der Waals surface area (Å²) in [5.41, 5.74) is 5.33. The summed E-state index contributed by atoms with van der Waals surface area (Å²) in [6.07, 6.45) is 3.39. The lowest BCUT2D eigenvalue weighted by molar-refractivity contribution is 0.251. The molecule has 0 saturated carbocycles. The second-order valence-electron chi connectivity index (χ2n) is 9.15. The fourth-order valence-corrected chi connectivity index (χ4v) is 4.42. The number of aryl methyl sites for hydroxylation is 2. The molecule has 1 aliphatic heterocycles. The minimum atomic E-state index is -0.961. The van der Waals surface area contributed by atoms with Crippen LogP contribution in [0.1, 0.15) is 16.8 Å². The average Bonchev–Trinajstić information content (AvgIpc) is 3.31. The van der Waals surface area contributed by atoms with Gasteiger partial charge in [0.05, 0.1) is 29.5 Å². The van der Waals surface area contributed by atoms with E-state index >= 15 is 0 Å². The Kier molecular flexibility index (Phi) is 5.48. The van der Waals surface area contributed by atoms with Crippen molar-refractivity contribution in [2.75, 3.05) is 22.2 Å². The largest absolute Gasteiger partial charge is 0.338 e. The predicted molar refractivity (Wildman–Crippen MR) is 140 cm³/mol. The van der Waals surface area contributed by atoms with Crippen LogP contribution in [0.2, 0.25) is 0 Å². The summed E-state index contributed by atoms with van der Waals surface area (Å²) >= 11 is 0. The van der Waals surface area contributed by atoms with E-state index in [0.717, 1.165) is 34.6 Å². The van der Waals surface area contributed by atoms with Crippen LogP contribution in [0.25, 0.3) is 22.4 Å². The topological polar surface area (TPSA) is 103 Å². The minimum Gasteiger partial charge on any atom is -0.338 e. The van der Waals surface area contributed by atoms with Crippen LogP contribution in [-0.2, 0) is 6.54 Å². The third-order valence-electron chi connectivity index (χ3n) is 6.47. The molecule has 2 N–H and O–H groups in total. The first kappa shape index (κ1) is 23.5. The molecule has 0 aliphatic carbocycles. The standard InChI is InChI=1S/C27H22F2N8O/c1-14-4-6-16(24-33-21-9-19(28)20(29)10-22(21)34-24)8-23(14)37-13-17-11-31-26(35-25(17)36(3)27(37)38)32-18-7-5-15(2)30-12-18/h4-12H,13H2,1-3H3,(H,33,34)(H,31,32,35). The van der Waals surface area contributed by atoms with Crippen molar-refractivity contribution in [2.45, 2.75) is 20.4 Å². The molecule has 11 heteroatoms. The van der Waals surface area contributed by atoms with Gasteiger partial charge in [-0.25, -0.2) is 23.5 Å². The van der Waals surface area contributed by atoms with Crippen molar-refractivity contribution in [3.8, 4) is 11.4 Å². The molecule has 0 saturated heterocycles. The first-order valence-electron chi connectivity index (χ1n) is 11.8. The van der Waals surface area contributed by atoms with Gasteiger partial charge in [-0.2, -0.15) is 4.98 Å². The fraction of sp³-hybridized carbons (Fsp3) is 0.148. The third-order valence-corrected chi connectivity index (χ3v) is 6.47. The van der Waals surface area contributed by atoms with Crippen molar-refractivity contribution in [2.24, 2.45) is 0 Å². The first-order chi connectivity index (χ1) is 18.3. The molecule has 0 spiro atoms. The van der Waals surface area contributed by atoms with E-state index in [2.05, 4.69) is 30.2 Å². The van der Waals surface area contributed by atoms with Gasteiger partial charge in [-0.05, 0) is 37.6 Å². The fourth-order valence-electron chi connectivity index (χ4n) is 4.42. The van der Waals surface area contributed by atoms with Gasteiger partial charge in [0.15, 0.2) is 11.6 Å². The summed E-state index contributed by atoms with van der Waals surface area (Å²) in [6.45, 7) is 4.08. The smallest absolute Gasteiger partial charge is 0.330 e. The molecule has 0 bridgehead atoms. The van der Waals surface area contributed by atoms with Crippen LogP contribution in [0, 0.1) is 25.5 Å². The van der Waals surface area contributed by atoms with E-state index in [9.17, 15) is 13.6 Å². The van der Waals surface area contributed by atoms with Gasteiger partial charge in [0.1, 0.15) is 11.6 Å².